The maximum Gasteiger partial charge on any atom is 0.294 e. The van der Waals surface area contributed by atoms with Crippen LogP contribution in [0.4, 0.5) is 34.1 Å². The third kappa shape index (κ3) is 9.89. The lowest BCUT2D eigenvalue weighted by atomic mass is 10.2. The molecule has 4 rings (SSSR count). The summed E-state index contributed by atoms with van der Waals surface area (Å²) in [4.78, 5) is 36.4. The molecule has 0 atom stereocenters. The number of nitro benzene ring substituents is 2. The Morgan fingerprint density at radius 2 is 0.978 bits per heavy atom. The van der Waals surface area contributed by atoms with E-state index >= 15 is 0 Å². The van der Waals surface area contributed by atoms with E-state index in [1.165, 1.54) is 12.8 Å². The minimum Gasteiger partial charge on any atom is -0.383 e. The van der Waals surface area contributed by atoms with Gasteiger partial charge in [0.2, 0.25) is 0 Å². The highest BCUT2D eigenvalue weighted by Gasteiger charge is 2.22. The quantitative estimate of drug-likeness (QED) is 0.131. The lowest BCUT2D eigenvalue weighted by molar-refractivity contribution is -0.384. The Morgan fingerprint density at radius 1 is 0.630 bits per heavy atom. The lowest BCUT2D eigenvalue weighted by Gasteiger charge is -2.23. The van der Waals surface area contributed by atoms with E-state index in [2.05, 4.69) is 40.0 Å². The number of nitrogens with zero attached hydrogens (tertiary/aromatic N) is 8. The average molecular weight is 641 g/mol. The second-order valence-corrected chi connectivity index (χ2v) is 12.4. The van der Waals surface area contributed by atoms with Gasteiger partial charge in [-0.05, 0) is 63.0 Å². The van der Waals surface area contributed by atoms with Crippen LogP contribution in [0.2, 0.25) is 0 Å². The molecule has 14 heteroatoms. The normalized spacial score (nSPS) is 16.2. The number of nitrogens with one attached hydrogen (secondary N) is 2. The topological polar surface area (TPSA) is 130 Å². The summed E-state index contributed by atoms with van der Waals surface area (Å²) >= 11 is 0. The summed E-state index contributed by atoms with van der Waals surface area (Å²) in [6, 6.07) is 10.7. The fourth-order valence-corrected chi connectivity index (χ4v) is 6.38. The molecule has 14 nitrogen and oxygen atoms in total. The molecule has 0 radical (unpaired) electrons. The van der Waals surface area contributed by atoms with Gasteiger partial charge in [0.05, 0.1) is 23.2 Å². The van der Waals surface area contributed by atoms with Gasteiger partial charge in [-0.3, -0.25) is 39.8 Å². The van der Waals surface area contributed by atoms with Gasteiger partial charge >= 0.3 is 0 Å². The molecule has 0 bridgehead atoms. The van der Waals surface area contributed by atoms with Gasteiger partial charge in [-0.1, -0.05) is 0 Å². The average Bonchev–Trinajstić information content (AvgIpc) is 3.71. The lowest BCUT2D eigenvalue weighted by Crippen LogP contribution is -2.30. The molecule has 2 N–H and O–H groups in total. The van der Waals surface area contributed by atoms with E-state index < -0.39 is 0 Å². The van der Waals surface area contributed by atoms with Crippen LogP contribution >= 0.6 is 0 Å². The molecule has 2 aliphatic heterocycles. The summed E-state index contributed by atoms with van der Waals surface area (Å²) in [7, 11) is 7.39. The van der Waals surface area contributed by atoms with Crippen LogP contribution in [0.3, 0.4) is 0 Å². The number of hydrogen-bond donors (Lipinski definition) is 2. The first-order valence-corrected chi connectivity index (χ1v) is 16.4. The summed E-state index contributed by atoms with van der Waals surface area (Å²) in [6.07, 6.45) is 4.44. The van der Waals surface area contributed by atoms with Crippen LogP contribution in [-0.4, -0.2) is 136 Å². The van der Waals surface area contributed by atoms with Crippen molar-refractivity contribution in [1.29, 1.82) is 0 Å². The van der Waals surface area contributed by atoms with Gasteiger partial charge in [0.15, 0.2) is 0 Å². The van der Waals surface area contributed by atoms with Crippen LogP contribution in [0.25, 0.3) is 0 Å². The van der Waals surface area contributed by atoms with Crippen molar-refractivity contribution in [2.24, 2.45) is 0 Å². The van der Waals surface area contributed by atoms with E-state index in [-0.39, 0.29) is 21.2 Å². The number of benzene rings is 2. The standard InChI is InChI=1S/C32H52N10O4/c1-33-29-11-9-27(23-31(29)41(43)44)35(3)13-7-17-39-21-19-37(25-39)15-5-6-16-38-20-22-40(26-38)18-8-14-36(4)28-10-12-30(34-2)32(24-28)42(45)46/h9-12,23-24,33-34H,5-8,13-22,25-26H2,1-4H3. The van der Waals surface area contributed by atoms with E-state index in [9.17, 15) is 20.2 Å². The monoisotopic (exact) mass is 640 g/mol. The number of nitro groups is 2. The zero-order chi connectivity index (χ0) is 33.1. The Balaban J connectivity index is 1.05. The zero-order valence-electron chi connectivity index (χ0n) is 28.0. The minimum atomic E-state index is -0.337. The molecule has 2 heterocycles. The van der Waals surface area contributed by atoms with Gasteiger partial charge in [-0.2, -0.15) is 0 Å². The van der Waals surface area contributed by atoms with E-state index in [0.717, 1.165) is 103 Å². The smallest absolute Gasteiger partial charge is 0.294 e. The van der Waals surface area contributed by atoms with Crippen molar-refractivity contribution in [1.82, 2.24) is 19.6 Å². The van der Waals surface area contributed by atoms with E-state index in [4.69, 9.17) is 0 Å². The first kappa shape index (κ1) is 35.1. The van der Waals surface area contributed by atoms with E-state index in [0.29, 0.717) is 11.4 Å². The molecule has 0 aliphatic carbocycles. The van der Waals surface area contributed by atoms with Gasteiger partial charge in [0.1, 0.15) is 11.4 Å². The van der Waals surface area contributed by atoms with Crippen molar-refractivity contribution in [2.45, 2.75) is 25.7 Å². The zero-order valence-corrected chi connectivity index (χ0v) is 28.0. The molecule has 2 fully saturated rings. The molecule has 0 spiro atoms. The fraction of sp³-hybridized carbons (Fsp3) is 0.625. The Labute approximate surface area is 273 Å². The molecule has 2 aromatic carbocycles. The van der Waals surface area contributed by atoms with Gasteiger partial charge in [0, 0.05) is 104 Å². The van der Waals surface area contributed by atoms with Gasteiger partial charge in [-0.15, -0.1) is 0 Å². The van der Waals surface area contributed by atoms with Gasteiger partial charge in [0.25, 0.3) is 11.4 Å². The third-order valence-electron chi connectivity index (χ3n) is 9.18. The van der Waals surface area contributed by atoms with Crippen LogP contribution in [-0.2, 0) is 0 Å². The summed E-state index contributed by atoms with van der Waals surface area (Å²) in [5, 5.41) is 28.6. The summed E-state index contributed by atoms with van der Waals surface area (Å²) in [5.41, 5.74) is 3.00. The molecule has 2 saturated heterocycles. The molecule has 0 saturated carbocycles. The van der Waals surface area contributed by atoms with Crippen LogP contribution in [0.15, 0.2) is 36.4 Å². The number of unbranched alkanes of at least 4 members (excludes halogenated alkanes) is 1. The molecular weight excluding hydrogens is 588 g/mol. The SMILES string of the molecule is CNc1ccc(N(C)CCCN2CCN(CCCCN3CCN(CCCN(C)c4ccc(NC)c([N+](=O)[O-])c4)C3)C2)cc1[N+](=O)[O-]. The number of hydrogen-bond acceptors (Lipinski definition) is 12. The van der Waals surface area contributed by atoms with E-state index in [1.54, 1.807) is 38.4 Å². The second-order valence-electron chi connectivity index (χ2n) is 12.4. The molecular formula is C32H52N10O4. The largest absolute Gasteiger partial charge is 0.383 e. The van der Waals surface area contributed by atoms with Crippen molar-refractivity contribution in [3.8, 4) is 0 Å². The molecule has 0 amide bonds. The second kappa shape index (κ2) is 17.3. The Kier molecular flexibility index (Phi) is 13.2. The first-order chi connectivity index (χ1) is 22.2. The fourth-order valence-electron chi connectivity index (χ4n) is 6.38. The molecule has 0 unspecified atom stereocenters. The van der Waals surface area contributed by atoms with E-state index in [1.807, 2.05) is 26.2 Å². The third-order valence-corrected chi connectivity index (χ3v) is 9.18. The molecule has 2 aliphatic rings. The van der Waals surface area contributed by atoms with Crippen LogP contribution in [0.1, 0.15) is 25.7 Å². The summed E-state index contributed by atoms with van der Waals surface area (Å²) < 4.78 is 0. The van der Waals surface area contributed by atoms with Gasteiger partial charge < -0.3 is 20.4 Å². The van der Waals surface area contributed by atoms with Crippen molar-refractivity contribution in [3.05, 3.63) is 56.6 Å². The minimum absolute atomic E-state index is 0.105. The first-order valence-electron chi connectivity index (χ1n) is 16.4. The highest BCUT2D eigenvalue weighted by atomic mass is 16.6. The number of anilines is 4. The van der Waals surface area contributed by atoms with Gasteiger partial charge in [-0.25, -0.2) is 0 Å². The number of rotatable bonds is 19. The predicted octanol–water partition coefficient (Wildman–Crippen LogP) is 3.87. The predicted molar refractivity (Wildman–Crippen MR) is 186 cm³/mol. The van der Waals surface area contributed by atoms with Crippen molar-refractivity contribution >= 4 is 34.1 Å². The Bertz CT molecular complexity index is 1200. The highest BCUT2D eigenvalue weighted by Crippen LogP contribution is 2.30. The van der Waals surface area contributed by atoms with Crippen molar-refractivity contribution in [3.63, 3.8) is 0 Å². The highest BCUT2D eigenvalue weighted by molar-refractivity contribution is 5.69. The van der Waals surface area contributed by atoms with Crippen molar-refractivity contribution < 1.29 is 9.85 Å². The maximum atomic E-state index is 11.4. The molecule has 2 aromatic rings. The molecule has 0 aromatic heterocycles. The summed E-state index contributed by atoms with van der Waals surface area (Å²) in [5.74, 6) is 0. The van der Waals surface area contributed by atoms with Crippen molar-refractivity contribution in [2.75, 3.05) is 127 Å². The summed E-state index contributed by atoms with van der Waals surface area (Å²) in [6.45, 7) is 12.5. The maximum absolute atomic E-state index is 11.4. The molecule has 46 heavy (non-hydrogen) atoms. The van der Waals surface area contributed by atoms with Crippen LogP contribution in [0.5, 0.6) is 0 Å². The van der Waals surface area contributed by atoms with Crippen LogP contribution in [0, 0.1) is 20.2 Å². The Morgan fingerprint density at radius 3 is 1.30 bits per heavy atom. The van der Waals surface area contributed by atoms with Crippen LogP contribution < -0.4 is 20.4 Å². The molecule has 254 valence electrons. The Hall–Kier alpha value is -3.72.